The van der Waals surface area contributed by atoms with E-state index in [0.717, 1.165) is 17.1 Å². The highest BCUT2D eigenvalue weighted by atomic mass is 79.9. The highest BCUT2D eigenvalue weighted by Gasteiger charge is 2.28. The maximum Gasteiger partial charge on any atom is 0.123 e. The minimum absolute atomic E-state index is 0.0772. The van der Waals surface area contributed by atoms with Crippen LogP contribution in [0.5, 0.6) is 11.5 Å². The molecular formula is C20H22Br2O2. The van der Waals surface area contributed by atoms with E-state index in [1.807, 2.05) is 0 Å². The van der Waals surface area contributed by atoms with Gasteiger partial charge in [-0.25, -0.2) is 0 Å². The van der Waals surface area contributed by atoms with Crippen LogP contribution in [0.4, 0.5) is 0 Å². The fraction of sp³-hybridized carbons (Fsp3) is 0.400. The molecule has 0 unspecified atom stereocenters. The van der Waals surface area contributed by atoms with Crippen LogP contribution in [0.2, 0.25) is 0 Å². The zero-order valence-electron chi connectivity index (χ0n) is 14.3. The third-order valence-electron chi connectivity index (χ3n) is 5.16. The number of hydrogen-bond donors (Lipinski definition) is 0. The van der Waals surface area contributed by atoms with Crippen molar-refractivity contribution in [3.05, 3.63) is 58.7 Å². The predicted molar refractivity (Wildman–Crippen MR) is 106 cm³/mol. The summed E-state index contributed by atoms with van der Waals surface area (Å²) in [6, 6.07) is 13.1. The SMILES string of the molecule is COc1cc2c(OC)cc1[C@H](C)[C@H](C)c1ccc(cc1)[C@@H](Br)[C@H]2Br. The Kier molecular flexibility index (Phi) is 5.26. The molecule has 0 amide bonds. The minimum atomic E-state index is 0.0772. The normalized spacial score (nSPS) is 25.9. The summed E-state index contributed by atoms with van der Waals surface area (Å²) in [5, 5.41) is 0. The van der Waals surface area contributed by atoms with E-state index in [1.165, 1.54) is 16.7 Å². The lowest BCUT2D eigenvalue weighted by atomic mass is 9.82. The van der Waals surface area contributed by atoms with Gasteiger partial charge in [0.15, 0.2) is 0 Å². The van der Waals surface area contributed by atoms with E-state index in [-0.39, 0.29) is 9.65 Å². The molecule has 4 aliphatic rings. The molecule has 0 N–H and O–H groups in total. The summed E-state index contributed by atoms with van der Waals surface area (Å²) in [5.74, 6) is 2.52. The standard InChI is InChI=1S/C20H22Br2O2/c1-11-12(2)15-9-18(24-4)16(10-17(15)23-3)20(22)19(21)14-7-5-13(11)6-8-14/h5-12,19-20H,1-4H3/t11-,12+,19+,20-/m0/s1. The number of rotatable bonds is 2. The van der Waals surface area contributed by atoms with Crippen molar-refractivity contribution in [2.45, 2.75) is 35.3 Å². The second-order valence-corrected chi connectivity index (χ2v) is 8.36. The molecule has 0 aliphatic heterocycles. The molecule has 6 rings (SSSR count). The molecule has 4 aliphatic carbocycles. The third kappa shape index (κ3) is 2.99. The molecule has 0 fully saturated rings. The van der Waals surface area contributed by atoms with Crippen LogP contribution < -0.4 is 9.47 Å². The van der Waals surface area contributed by atoms with Gasteiger partial charge in [-0.05, 0) is 35.1 Å². The molecule has 2 aromatic rings. The van der Waals surface area contributed by atoms with Gasteiger partial charge in [0.25, 0.3) is 0 Å². The molecule has 4 heteroatoms. The lowest BCUT2D eigenvalue weighted by Crippen LogP contribution is -2.11. The predicted octanol–water partition coefficient (Wildman–Crippen LogP) is 6.50. The van der Waals surface area contributed by atoms with Gasteiger partial charge < -0.3 is 9.47 Å². The number of methoxy groups -OCH3 is 2. The Morgan fingerprint density at radius 2 is 1.21 bits per heavy atom. The van der Waals surface area contributed by atoms with Crippen molar-refractivity contribution in [1.82, 2.24) is 0 Å². The number of ether oxygens (including phenoxy) is 2. The van der Waals surface area contributed by atoms with Crippen molar-refractivity contribution in [3.8, 4) is 11.5 Å². The molecule has 2 nitrogen and oxygen atoms in total. The molecule has 4 bridgehead atoms. The lowest BCUT2D eigenvalue weighted by Gasteiger charge is -2.28. The largest absolute Gasteiger partial charge is 0.496 e. The maximum atomic E-state index is 5.72. The van der Waals surface area contributed by atoms with Gasteiger partial charge in [-0.15, -0.1) is 0 Å². The molecule has 2 aromatic carbocycles. The lowest BCUT2D eigenvalue weighted by molar-refractivity contribution is 0.389. The molecule has 24 heavy (non-hydrogen) atoms. The molecule has 0 heterocycles. The Labute approximate surface area is 160 Å². The average Bonchev–Trinajstić information content (AvgIpc) is 2.63. The number of alkyl halides is 2. The van der Waals surface area contributed by atoms with E-state index in [1.54, 1.807) is 14.2 Å². The van der Waals surface area contributed by atoms with Crippen LogP contribution in [0.1, 0.15) is 57.6 Å². The van der Waals surface area contributed by atoms with Crippen LogP contribution in [-0.4, -0.2) is 14.2 Å². The zero-order chi connectivity index (χ0) is 17.4. The number of hydrogen-bond acceptors (Lipinski definition) is 2. The van der Waals surface area contributed by atoms with Gasteiger partial charge in [0.05, 0.1) is 23.9 Å². The van der Waals surface area contributed by atoms with Crippen LogP contribution in [0.3, 0.4) is 0 Å². The van der Waals surface area contributed by atoms with E-state index in [9.17, 15) is 0 Å². The van der Waals surface area contributed by atoms with E-state index in [2.05, 4.69) is 82.1 Å². The molecule has 0 saturated heterocycles. The Morgan fingerprint density at radius 1 is 0.708 bits per heavy atom. The number of halogens is 2. The summed E-state index contributed by atoms with van der Waals surface area (Å²) in [6.45, 7) is 4.52. The Bertz CT molecular complexity index is 664. The van der Waals surface area contributed by atoms with E-state index in [0.29, 0.717) is 11.8 Å². The highest BCUT2D eigenvalue weighted by Crippen LogP contribution is 2.49. The van der Waals surface area contributed by atoms with Gasteiger partial charge in [-0.1, -0.05) is 70.0 Å². The average molecular weight is 454 g/mol. The van der Waals surface area contributed by atoms with Gasteiger partial charge in [0.2, 0.25) is 0 Å². The smallest absolute Gasteiger partial charge is 0.123 e. The Hall–Kier alpha value is -1.000. The monoisotopic (exact) mass is 452 g/mol. The zero-order valence-corrected chi connectivity index (χ0v) is 17.5. The van der Waals surface area contributed by atoms with Gasteiger partial charge in [0.1, 0.15) is 11.5 Å². The summed E-state index contributed by atoms with van der Waals surface area (Å²) in [6.07, 6.45) is 0. The first-order valence-corrected chi connectivity index (χ1v) is 9.94. The Morgan fingerprint density at radius 3 is 1.79 bits per heavy atom. The second-order valence-electron chi connectivity index (χ2n) is 6.38. The summed E-state index contributed by atoms with van der Waals surface area (Å²) in [7, 11) is 3.47. The highest BCUT2D eigenvalue weighted by molar-refractivity contribution is 9.12. The van der Waals surface area contributed by atoms with Crippen LogP contribution >= 0.6 is 31.9 Å². The van der Waals surface area contributed by atoms with Crippen molar-refractivity contribution in [2.24, 2.45) is 0 Å². The summed E-state index contributed by atoms with van der Waals surface area (Å²) >= 11 is 7.69. The van der Waals surface area contributed by atoms with Crippen LogP contribution in [0, 0.1) is 0 Å². The Balaban J connectivity index is 2.27. The van der Waals surface area contributed by atoms with Crippen molar-refractivity contribution >= 4 is 31.9 Å². The molecule has 128 valence electrons. The molecular weight excluding hydrogens is 432 g/mol. The van der Waals surface area contributed by atoms with E-state index in [4.69, 9.17) is 9.47 Å². The van der Waals surface area contributed by atoms with Gasteiger partial charge >= 0.3 is 0 Å². The summed E-state index contributed by atoms with van der Waals surface area (Å²) in [5.41, 5.74) is 4.85. The fourth-order valence-corrected chi connectivity index (χ4v) is 4.64. The summed E-state index contributed by atoms with van der Waals surface area (Å²) < 4.78 is 11.4. The topological polar surface area (TPSA) is 18.5 Å². The molecule has 0 aromatic heterocycles. The quantitative estimate of drug-likeness (QED) is 0.483. The fourth-order valence-electron chi connectivity index (χ4n) is 3.38. The summed E-state index contributed by atoms with van der Waals surface area (Å²) in [4.78, 5) is 0.219. The van der Waals surface area contributed by atoms with Gasteiger partial charge in [-0.3, -0.25) is 0 Å². The first kappa shape index (κ1) is 17.8. The van der Waals surface area contributed by atoms with Gasteiger partial charge in [0, 0.05) is 11.1 Å². The van der Waals surface area contributed by atoms with Crippen molar-refractivity contribution in [2.75, 3.05) is 14.2 Å². The first-order valence-electron chi connectivity index (χ1n) is 8.11. The third-order valence-corrected chi connectivity index (χ3v) is 7.95. The molecule has 0 radical (unpaired) electrons. The van der Waals surface area contributed by atoms with Crippen molar-refractivity contribution < 1.29 is 9.47 Å². The van der Waals surface area contributed by atoms with Crippen molar-refractivity contribution in [3.63, 3.8) is 0 Å². The van der Waals surface area contributed by atoms with Gasteiger partial charge in [-0.2, -0.15) is 0 Å². The van der Waals surface area contributed by atoms with Crippen LogP contribution in [0.25, 0.3) is 0 Å². The second kappa shape index (κ2) is 7.09. The van der Waals surface area contributed by atoms with Crippen LogP contribution in [-0.2, 0) is 0 Å². The van der Waals surface area contributed by atoms with Crippen LogP contribution in [0.15, 0.2) is 36.4 Å². The maximum absolute atomic E-state index is 5.72. The molecule has 4 atom stereocenters. The van der Waals surface area contributed by atoms with E-state index >= 15 is 0 Å². The number of benzene rings is 2. The minimum Gasteiger partial charge on any atom is -0.496 e. The van der Waals surface area contributed by atoms with E-state index < -0.39 is 0 Å². The first-order chi connectivity index (χ1) is 11.5. The van der Waals surface area contributed by atoms with Crippen molar-refractivity contribution in [1.29, 1.82) is 0 Å². The molecule has 0 spiro atoms. The molecule has 0 saturated carbocycles.